The first-order valence-electron chi connectivity index (χ1n) is 7.52. The van der Waals surface area contributed by atoms with Crippen LogP contribution in [0.5, 0.6) is 11.5 Å². The second-order valence-corrected chi connectivity index (χ2v) is 5.22. The van der Waals surface area contributed by atoms with E-state index in [2.05, 4.69) is 24.4 Å². The molecule has 22 heavy (non-hydrogen) atoms. The molecular weight excluding hydrogens is 278 g/mol. The molecule has 0 bridgehead atoms. The van der Waals surface area contributed by atoms with Gasteiger partial charge in [-0.1, -0.05) is 19.1 Å². The van der Waals surface area contributed by atoms with Gasteiger partial charge in [-0.3, -0.25) is 4.79 Å². The van der Waals surface area contributed by atoms with Crippen LogP contribution in [0, 0.1) is 0 Å². The van der Waals surface area contributed by atoms with Crippen LogP contribution in [-0.2, 0) is 6.42 Å². The predicted molar refractivity (Wildman–Crippen MR) is 85.8 cm³/mol. The number of ether oxygens (including phenoxy) is 2. The van der Waals surface area contributed by atoms with Gasteiger partial charge in [0.25, 0.3) is 0 Å². The molecule has 0 unspecified atom stereocenters. The molecule has 4 nitrogen and oxygen atoms in total. The highest BCUT2D eigenvalue weighted by molar-refractivity contribution is 5.97. The van der Waals surface area contributed by atoms with Crippen molar-refractivity contribution in [1.82, 2.24) is 0 Å². The zero-order chi connectivity index (χ0) is 15.4. The lowest BCUT2D eigenvalue weighted by Gasteiger charge is -2.07. The van der Waals surface area contributed by atoms with Gasteiger partial charge in [0, 0.05) is 24.2 Å². The number of hydrogen-bond acceptors (Lipinski definition) is 4. The Labute approximate surface area is 130 Å². The van der Waals surface area contributed by atoms with Crippen LogP contribution in [0.1, 0.15) is 29.3 Å². The molecule has 1 N–H and O–H groups in total. The van der Waals surface area contributed by atoms with Crippen molar-refractivity contribution < 1.29 is 14.3 Å². The topological polar surface area (TPSA) is 47.6 Å². The lowest BCUT2D eigenvalue weighted by molar-refractivity contribution is 0.0986. The normalized spacial score (nSPS) is 12.2. The molecular formula is C18H19NO3. The van der Waals surface area contributed by atoms with Crippen molar-refractivity contribution in [2.24, 2.45) is 0 Å². The fraction of sp³-hybridized carbons (Fsp3) is 0.278. The summed E-state index contributed by atoms with van der Waals surface area (Å²) < 4.78 is 10.5. The minimum absolute atomic E-state index is 0.0935. The van der Waals surface area contributed by atoms with Crippen molar-refractivity contribution in [1.29, 1.82) is 0 Å². The zero-order valence-corrected chi connectivity index (χ0v) is 12.6. The maximum atomic E-state index is 12.2. The van der Waals surface area contributed by atoms with Crippen LogP contribution < -0.4 is 14.8 Å². The molecule has 0 spiro atoms. The van der Waals surface area contributed by atoms with Gasteiger partial charge in [0.2, 0.25) is 6.79 Å². The van der Waals surface area contributed by atoms with Gasteiger partial charge in [0.15, 0.2) is 17.3 Å². The lowest BCUT2D eigenvalue weighted by Crippen LogP contribution is -2.08. The van der Waals surface area contributed by atoms with Gasteiger partial charge >= 0.3 is 0 Å². The van der Waals surface area contributed by atoms with Crippen LogP contribution in [-0.4, -0.2) is 19.1 Å². The molecule has 0 saturated carbocycles. The average Bonchev–Trinajstić information content (AvgIpc) is 3.03. The number of carbonyl (C=O) groups excluding carboxylic acids is 1. The molecule has 0 fully saturated rings. The largest absolute Gasteiger partial charge is 0.454 e. The molecule has 3 rings (SSSR count). The predicted octanol–water partition coefficient (Wildman–Crippen LogP) is 3.66. The summed E-state index contributed by atoms with van der Waals surface area (Å²) in [7, 11) is 0. The Morgan fingerprint density at radius 1 is 1.09 bits per heavy atom. The maximum Gasteiger partial charge on any atom is 0.231 e. The first-order valence-corrected chi connectivity index (χ1v) is 7.52. The third-order valence-electron chi connectivity index (χ3n) is 3.74. The maximum absolute atomic E-state index is 12.2. The summed E-state index contributed by atoms with van der Waals surface area (Å²) in [5.74, 6) is 1.44. The molecule has 1 heterocycles. The first-order chi connectivity index (χ1) is 10.8. The summed E-state index contributed by atoms with van der Waals surface area (Å²) in [6.45, 7) is 2.97. The Kier molecular flexibility index (Phi) is 4.28. The van der Waals surface area contributed by atoms with E-state index in [1.54, 1.807) is 18.2 Å². The van der Waals surface area contributed by atoms with Crippen molar-refractivity contribution in [3.05, 3.63) is 53.6 Å². The second kappa shape index (κ2) is 6.52. The Bertz CT molecular complexity index is 665. The summed E-state index contributed by atoms with van der Waals surface area (Å²) in [5.41, 5.74) is 3.00. The van der Waals surface area contributed by atoms with E-state index < -0.39 is 0 Å². The molecule has 0 amide bonds. The molecule has 1 aliphatic rings. The van der Waals surface area contributed by atoms with Crippen LogP contribution in [0.3, 0.4) is 0 Å². The number of rotatable bonds is 6. The molecule has 0 aliphatic carbocycles. The fourth-order valence-electron chi connectivity index (χ4n) is 2.39. The highest BCUT2D eigenvalue weighted by atomic mass is 16.7. The van der Waals surface area contributed by atoms with E-state index >= 15 is 0 Å². The molecule has 2 aromatic carbocycles. The van der Waals surface area contributed by atoms with Crippen molar-refractivity contribution in [2.75, 3.05) is 18.7 Å². The van der Waals surface area contributed by atoms with Crippen molar-refractivity contribution >= 4 is 11.5 Å². The number of benzene rings is 2. The molecule has 2 aromatic rings. The number of Topliss-reactive ketones (excluding diaryl/α,β-unsaturated/α-hetero) is 1. The molecule has 0 aromatic heterocycles. The molecule has 114 valence electrons. The standard InChI is InChI=1S/C18H19NO3/c1-2-13-3-6-15(7-4-13)19-10-9-16(20)14-5-8-17-18(11-14)22-12-21-17/h3-8,11,19H,2,9-10,12H2,1H3. The minimum atomic E-state index is 0.0935. The Balaban J connectivity index is 1.53. The first kappa shape index (κ1) is 14.4. The molecule has 0 saturated heterocycles. The van der Waals surface area contributed by atoms with Gasteiger partial charge in [-0.05, 0) is 42.3 Å². The average molecular weight is 297 g/mol. The second-order valence-electron chi connectivity index (χ2n) is 5.22. The molecule has 4 heteroatoms. The summed E-state index contributed by atoms with van der Waals surface area (Å²) in [5, 5.41) is 3.27. The van der Waals surface area contributed by atoms with Crippen LogP contribution in [0.2, 0.25) is 0 Å². The Hall–Kier alpha value is -2.49. The highest BCUT2D eigenvalue weighted by Gasteiger charge is 2.15. The molecule has 0 atom stereocenters. The van der Waals surface area contributed by atoms with Gasteiger partial charge in [0.05, 0.1) is 0 Å². The Morgan fingerprint density at radius 2 is 1.86 bits per heavy atom. The number of carbonyl (C=O) groups is 1. The number of fused-ring (bicyclic) bond motifs is 1. The van der Waals surface area contributed by atoms with E-state index in [4.69, 9.17) is 9.47 Å². The van der Waals surface area contributed by atoms with E-state index in [0.717, 1.165) is 12.1 Å². The van der Waals surface area contributed by atoms with E-state index in [0.29, 0.717) is 30.0 Å². The number of hydrogen-bond donors (Lipinski definition) is 1. The summed E-state index contributed by atoms with van der Waals surface area (Å²) >= 11 is 0. The molecule has 1 aliphatic heterocycles. The van der Waals surface area contributed by atoms with Crippen LogP contribution in [0.25, 0.3) is 0 Å². The smallest absolute Gasteiger partial charge is 0.231 e. The van der Waals surface area contributed by atoms with E-state index in [-0.39, 0.29) is 12.6 Å². The third-order valence-corrected chi connectivity index (χ3v) is 3.74. The lowest BCUT2D eigenvalue weighted by atomic mass is 10.1. The van der Waals surface area contributed by atoms with Crippen LogP contribution in [0.4, 0.5) is 5.69 Å². The monoisotopic (exact) mass is 297 g/mol. The SMILES string of the molecule is CCc1ccc(NCCC(=O)c2ccc3c(c2)OCO3)cc1. The Morgan fingerprint density at radius 3 is 2.64 bits per heavy atom. The van der Waals surface area contributed by atoms with Crippen molar-refractivity contribution in [3.63, 3.8) is 0 Å². The third kappa shape index (κ3) is 3.22. The number of anilines is 1. The fourth-order valence-corrected chi connectivity index (χ4v) is 2.39. The number of ketones is 1. The summed E-state index contributed by atoms with van der Waals surface area (Å²) in [6, 6.07) is 13.6. The van der Waals surface area contributed by atoms with E-state index in [1.807, 2.05) is 12.1 Å². The summed E-state index contributed by atoms with van der Waals surface area (Å²) in [4.78, 5) is 12.2. The molecule has 0 radical (unpaired) electrons. The van der Waals surface area contributed by atoms with E-state index in [9.17, 15) is 4.79 Å². The quantitative estimate of drug-likeness (QED) is 0.827. The van der Waals surface area contributed by atoms with Gasteiger partial charge in [-0.25, -0.2) is 0 Å². The van der Waals surface area contributed by atoms with Gasteiger partial charge in [-0.15, -0.1) is 0 Å². The number of aryl methyl sites for hydroxylation is 1. The van der Waals surface area contributed by atoms with Crippen molar-refractivity contribution in [3.8, 4) is 11.5 Å². The van der Waals surface area contributed by atoms with Crippen LogP contribution in [0.15, 0.2) is 42.5 Å². The van der Waals surface area contributed by atoms with Gasteiger partial charge < -0.3 is 14.8 Å². The summed E-state index contributed by atoms with van der Waals surface area (Å²) in [6.07, 6.45) is 1.47. The van der Waals surface area contributed by atoms with Gasteiger partial charge in [-0.2, -0.15) is 0 Å². The zero-order valence-electron chi connectivity index (χ0n) is 12.6. The number of nitrogens with one attached hydrogen (secondary N) is 1. The van der Waals surface area contributed by atoms with Crippen LogP contribution >= 0.6 is 0 Å². The van der Waals surface area contributed by atoms with Gasteiger partial charge in [0.1, 0.15) is 0 Å². The van der Waals surface area contributed by atoms with E-state index in [1.165, 1.54) is 5.56 Å². The minimum Gasteiger partial charge on any atom is -0.454 e. The highest BCUT2D eigenvalue weighted by Crippen LogP contribution is 2.32. The van der Waals surface area contributed by atoms with Crippen molar-refractivity contribution in [2.45, 2.75) is 19.8 Å².